The molecule has 0 radical (unpaired) electrons. The van der Waals surface area contributed by atoms with Crippen LogP contribution in [0.1, 0.15) is 22.8 Å². The molecule has 3 rings (SSSR count). The molecule has 0 amide bonds. The standard InChI is InChI=1S/C21H17NO4/c1-2-26-21-17-9-5-3-7-15(17)11-13-18(21)20(23)14-12-16-8-4-6-10-19(16)22(24)25/h3-14H,2H2,1H3/b14-12+. The van der Waals surface area contributed by atoms with Crippen molar-refractivity contribution in [3.05, 3.63) is 88.0 Å². The number of carbonyl (C=O) groups is 1. The van der Waals surface area contributed by atoms with Crippen molar-refractivity contribution in [1.29, 1.82) is 0 Å². The quantitative estimate of drug-likeness (QED) is 0.271. The molecule has 0 heterocycles. The number of carbonyl (C=O) groups excluding carboxylic acids is 1. The van der Waals surface area contributed by atoms with Gasteiger partial charge in [-0.3, -0.25) is 14.9 Å². The zero-order valence-corrected chi connectivity index (χ0v) is 14.2. The highest BCUT2D eigenvalue weighted by molar-refractivity contribution is 6.12. The molecule has 0 spiro atoms. The molecular weight excluding hydrogens is 330 g/mol. The van der Waals surface area contributed by atoms with Crippen LogP contribution in [0.3, 0.4) is 0 Å². The summed E-state index contributed by atoms with van der Waals surface area (Å²) in [6.45, 7) is 2.29. The number of nitrogens with zero attached hydrogens (tertiary/aromatic N) is 1. The third-order valence-corrected chi connectivity index (χ3v) is 3.98. The predicted octanol–water partition coefficient (Wildman–Crippen LogP) is 5.04. The zero-order valence-electron chi connectivity index (χ0n) is 14.2. The molecule has 0 saturated carbocycles. The van der Waals surface area contributed by atoms with E-state index in [1.807, 2.05) is 37.3 Å². The number of rotatable bonds is 6. The van der Waals surface area contributed by atoms with Crippen LogP contribution in [-0.4, -0.2) is 17.3 Å². The van der Waals surface area contributed by atoms with E-state index in [-0.39, 0.29) is 11.5 Å². The van der Waals surface area contributed by atoms with Crippen LogP contribution >= 0.6 is 0 Å². The molecule has 0 bridgehead atoms. The highest BCUT2D eigenvalue weighted by Gasteiger charge is 2.15. The first kappa shape index (κ1) is 17.4. The Morgan fingerprint density at radius 2 is 1.81 bits per heavy atom. The van der Waals surface area contributed by atoms with E-state index in [2.05, 4.69) is 0 Å². The van der Waals surface area contributed by atoms with Crippen LogP contribution in [0.25, 0.3) is 16.8 Å². The molecule has 3 aromatic carbocycles. The second kappa shape index (κ2) is 7.61. The van der Waals surface area contributed by atoms with E-state index >= 15 is 0 Å². The summed E-state index contributed by atoms with van der Waals surface area (Å²) in [5.41, 5.74) is 0.769. The molecule has 26 heavy (non-hydrogen) atoms. The largest absolute Gasteiger partial charge is 0.492 e. The van der Waals surface area contributed by atoms with Gasteiger partial charge in [0.15, 0.2) is 5.78 Å². The Morgan fingerprint density at radius 3 is 2.58 bits per heavy atom. The number of fused-ring (bicyclic) bond motifs is 1. The summed E-state index contributed by atoms with van der Waals surface area (Å²) in [7, 11) is 0. The Labute approximate surface area is 150 Å². The number of ketones is 1. The number of allylic oxidation sites excluding steroid dienone is 1. The Balaban J connectivity index is 2.00. The fraction of sp³-hybridized carbons (Fsp3) is 0.0952. The molecule has 0 unspecified atom stereocenters. The smallest absolute Gasteiger partial charge is 0.276 e. The highest BCUT2D eigenvalue weighted by Crippen LogP contribution is 2.31. The number of ether oxygens (including phenoxy) is 1. The minimum Gasteiger partial charge on any atom is -0.492 e. The van der Waals surface area contributed by atoms with Crippen LogP contribution in [0.2, 0.25) is 0 Å². The van der Waals surface area contributed by atoms with Crippen LogP contribution in [0.15, 0.2) is 66.7 Å². The SMILES string of the molecule is CCOc1c(C(=O)/C=C/c2ccccc2[N+](=O)[O-])ccc2ccccc12. The van der Waals surface area contributed by atoms with Crippen LogP contribution in [0, 0.1) is 10.1 Å². The minimum atomic E-state index is -0.466. The van der Waals surface area contributed by atoms with Gasteiger partial charge in [0.1, 0.15) is 5.75 Å². The van der Waals surface area contributed by atoms with Gasteiger partial charge in [0.2, 0.25) is 0 Å². The van der Waals surface area contributed by atoms with Gasteiger partial charge in [0, 0.05) is 11.5 Å². The monoisotopic (exact) mass is 347 g/mol. The molecule has 3 aromatic rings. The molecule has 0 aliphatic carbocycles. The lowest BCUT2D eigenvalue weighted by Gasteiger charge is -2.11. The third-order valence-electron chi connectivity index (χ3n) is 3.98. The maximum atomic E-state index is 12.7. The summed E-state index contributed by atoms with van der Waals surface area (Å²) >= 11 is 0. The van der Waals surface area contributed by atoms with Crippen molar-refractivity contribution in [2.45, 2.75) is 6.92 Å². The third kappa shape index (κ3) is 3.47. The summed E-state index contributed by atoms with van der Waals surface area (Å²) in [5.74, 6) is 0.264. The van der Waals surface area contributed by atoms with E-state index in [1.165, 1.54) is 18.2 Å². The maximum absolute atomic E-state index is 12.7. The molecule has 5 heteroatoms. The van der Waals surface area contributed by atoms with E-state index in [0.29, 0.717) is 23.5 Å². The molecule has 130 valence electrons. The normalized spacial score (nSPS) is 11.0. The molecule has 0 aromatic heterocycles. The van der Waals surface area contributed by atoms with E-state index in [4.69, 9.17) is 4.74 Å². The fourth-order valence-electron chi connectivity index (χ4n) is 2.79. The first-order valence-corrected chi connectivity index (χ1v) is 8.22. The number of nitro groups is 1. The van der Waals surface area contributed by atoms with Crippen molar-refractivity contribution in [3.8, 4) is 5.75 Å². The Kier molecular flexibility index (Phi) is 5.08. The van der Waals surface area contributed by atoms with Crippen molar-refractivity contribution in [2.75, 3.05) is 6.61 Å². The number of hydrogen-bond acceptors (Lipinski definition) is 4. The number of hydrogen-bond donors (Lipinski definition) is 0. The van der Waals surface area contributed by atoms with Gasteiger partial charge in [0.05, 0.1) is 22.7 Å². The summed E-state index contributed by atoms with van der Waals surface area (Å²) < 4.78 is 5.72. The van der Waals surface area contributed by atoms with E-state index in [9.17, 15) is 14.9 Å². The summed E-state index contributed by atoms with van der Waals surface area (Å²) in [6.07, 6.45) is 2.81. The Bertz CT molecular complexity index is 1010. The van der Waals surface area contributed by atoms with Crippen molar-refractivity contribution < 1.29 is 14.5 Å². The molecule has 0 saturated heterocycles. The topological polar surface area (TPSA) is 69.4 Å². The second-order valence-corrected chi connectivity index (χ2v) is 5.61. The molecule has 0 atom stereocenters. The van der Waals surface area contributed by atoms with E-state index < -0.39 is 4.92 Å². The lowest BCUT2D eigenvalue weighted by Crippen LogP contribution is -2.02. The van der Waals surface area contributed by atoms with Gasteiger partial charge in [-0.15, -0.1) is 0 Å². The molecule has 0 N–H and O–H groups in total. The maximum Gasteiger partial charge on any atom is 0.276 e. The summed E-state index contributed by atoms with van der Waals surface area (Å²) in [5, 5.41) is 12.9. The highest BCUT2D eigenvalue weighted by atomic mass is 16.6. The molecular formula is C21H17NO4. The number of para-hydroxylation sites is 1. The van der Waals surface area contributed by atoms with Crippen molar-refractivity contribution in [2.24, 2.45) is 0 Å². The average molecular weight is 347 g/mol. The summed E-state index contributed by atoms with van der Waals surface area (Å²) in [6, 6.07) is 17.6. The van der Waals surface area contributed by atoms with Gasteiger partial charge >= 0.3 is 0 Å². The number of nitro benzene ring substituents is 1. The Hall–Kier alpha value is -3.47. The first-order chi connectivity index (χ1) is 12.6. The van der Waals surface area contributed by atoms with Gasteiger partial charge in [-0.2, -0.15) is 0 Å². The van der Waals surface area contributed by atoms with Gasteiger partial charge in [-0.25, -0.2) is 0 Å². The van der Waals surface area contributed by atoms with Gasteiger partial charge in [0.25, 0.3) is 5.69 Å². The van der Waals surface area contributed by atoms with Crippen LogP contribution < -0.4 is 4.74 Å². The van der Waals surface area contributed by atoms with Gasteiger partial charge in [-0.05, 0) is 36.6 Å². The van der Waals surface area contributed by atoms with E-state index in [0.717, 1.165) is 10.8 Å². The molecule has 0 aliphatic rings. The molecule has 5 nitrogen and oxygen atoms in total. The van der Waals surface area contributed by atoms with Crippen molar-refractivity contribution in [3.63, 3.8) is 0 Å². The Morgan fingerprint density at radius 1 is 1.08 bits per heavy atom. The molecule has 0 fully saturated rings. The van der Waals surface area contributed by atoms with Crippen LogP contribution in [0.5, 0.6) is 5.75 Å². The van der Waals surface area contributed by atoms with Crippen molar-refractivity contribution >= 4 is 28.3 Å². The zero-order chi connectivity index (χ0) is 18.5. The fourth-order valence-corrected chi connectivity index (χ4v) is 2.79. The lowest BCUT2D eigenvalue weighted by molar-refractivity contribution is -0.385. The van der Waals surface area contributed by atoms with Crippen molar-refractivity contribution in [1.82, 2.24) is 0 Å². The minimum absolute atomic E-state index is 0.0416. The van der Waals surface area contributed by atoms with E-state index in [1.54, 1.807) is 24.3 Å². The first-order valence-electron chi connectivity index (χ1n) is 8.22. The molecule has 0 aliphatic heterocycles. The van der Waals surface area contributed by atoms with Crippen LogP contribution in [-0.2, 0) is 0 Å². The van der Waals surface area contributed by atoms with Gasteiger partial charge < -0.3 is 4.74 Å². The lowest BCUT2D eigenvalue weighted by atomic mass is 10.0. The number of benzene rings is 3. The van der Waals surface area contributed by atoms with Crippen LogP contribution in [0.4, 0.5) is 5.69 Å². The summed E-state index contributed by atoms with van der Waals surface area (Å²) in [4.78, 5) is 23.3. The van der Waals surface area contributed by atoms with Gasteiger partial charge in [-0.1, -0.05) is 42.5 Å². The second-order valence-electron chi connectivity index (χ2n) is 5.61. The average Bonchev–Trinajstić information content (AvgIpc) is 2.66. The predicted molar refractivity (Wildman–Crippen MR) is 102 cm³/mol.